The molecule has 4 rings (SSSR count). The zero-order valence-corrected chi connectivity index (χ0v) is 16.2. The van der Waals surface area contributed by atoms with Crippen molar-refractivity contribution in [3.63, 3.8) is 0 Å². The highest BCUT2D eigenvalue weighted by atomic mass is 35.5. The molecule has 3 nitrogen and oxygen atoms in total. The molecule has 0 amide bonds. The van der Waals surface area contributed by atoms with Crippen LogP contribution in [-0.4, -0.2) is 16.3 Å². The van der Waals surface area contributed by atoms with Crippen molar-refractivity contribution in [3.05, 3.63) is 63.6 Å². The molecular formula is C21H21Cl2N3. The lowest BCUT2D eigenvalue weighted by Crippen LogP contribution is -2.08. The topological polar surface area (TPSA) is 29.9 Å². The van der Waals surface area contributed by atoms with Crippen LogP contribution in [0.2, 0.25) is 10.0 Å². The molecule has 0 spiro atoms. The van der Waals surface area contributed by atoms with Gasteiger partial charge in [0.2, 0.25) is 0 Å². The molecule has 5 heteroatoms. The van der Waals surface area contributed by atoms with E-state index in [1.54, 1.807) is 0 Å². The number of anilines is 1. The quantitative estimate of drug-likeness (QED) is 0.585. The molecule has 0 atom stereocenters. The van der Waals surface area contributed by atoms with Gasteiger partial charge >= 0.3 is 0 Å². The minimum Gasteiger partial charge on any atom is -0.370 e. The van der Waals surface area contributed by atoms with Gasteiger partial charge in [-0.3, -0.25) is 0 Å². The summed E-state index contributed by atoms with van der Waals surface area (Å²) in [4.78, 5) is 0. The monoisotopic (exact) mass is 385 g/mol. The van der Waals surface area contributed by atoms with Gasteiger partial charge in [-0.2, -0.15) is 5.10 Å². The number of aryl methyl sites for hydroxylation is 1. The van der Waals surface area contributed by atoms with Gasteiger partial charge < -0.3 is 5.32 Å². The maximum Gasteiger partial charge on any atom is 0.133 e. The zero-order chi connectivity index (χ0) is 18.1. The van der Waals surface area contributed by atoms with Gasteiger partial charge in [-0.05, 0) is 49.4 Å². The molecule has 2 heterocycles. The Kier molecular flexibility index (Phi) is 4.92. The van der Waals surface area contributed by atoms with E-state index >= 15 is 0 Å². The Hall–Kier alpha value is -1.97. The summed E-state index contributed by atoms with van der Waals surface area (Å²) >= 11 is 12.4. The van der Waals surface area contributed by atoms with Gasteiger partial charge in [0.1, 0.15) is 5.82 Å². The van der Waals surface area contributed by atoms with E-state index in [0.717, 1.165) is 55.0 Å². The van der Waals surface area contributed by atoms with E-state index in [4.69, 9.17) is 28.3 Å². The van der Waals surface area contributed by atoms with Crippen molar-refractivity contribution in [1.82, 2.24) is 9.78 Å². The number of hydrogen-bond donors (Lipinski definition) is 1. The summed E-state index contributed by atoms with van der Waals surface area (Å²) in [5.41, 5.74) is 5.66. The number of nitrogens with one attached hydrogen (secondary N) is 1. The molecule has 1 N–H and O–H groups in total. The molecule has 1 aliphatic rings. The van der Waals surface area contributed by atoms with Gasteiger partial charge in [0.05, 0.1) is 21.4 Å². The van der Waals surface area contributed by atoms with Crippen LogP contribution in [0.15, 0.2) is 42.5 Å². The number of rotatable bonds is 3. The van der Waals surface area contributed by atoms with Crippen molar-refractivity contribution < 1.29 is 0 Å². The molecule has 26 heavy (non-hydrogen) atoms. The molecule has 0 radical (unpaired) electrons. The highest BCUT2D eigenvalue weighted by molar-refractivity contribution is 6.42. The van der Waals surface area contributed by atoms with Crippen molar-refractivity contribution in [2.24, 2.45) is 0 Å². The van der Waals surface area contributed by atoms with E-state index in [1.807, 2.05) is 18.2 Å². The summed E-state index contributed by atoms with van der Waals surface area (Å²) < 4.78 is 2.07. The fourth-order valence-electron chi connectivity index (χ4n) is 3.57. The van der Waals surface area contributed by atoms with Crippen LogP contribution in [0.5, 0.6) is 0 Å². The van der Waals surface area contributed by atoms with Crippen molar-refractivity contribution in [2.75, 3.05) is 11.9 Å². The third-order valence-corrected chi connectivity index (χ3v) is 5.66. The predicted octanol–water partition coefficient (Wildman–Crippen LogP) is 6.16. The first kappa shape index (κ1) is 17.4. The van der Waals surface area contributed by atoms with Crippen LogP contribution in [0.1, 0.15) is 30.9 Å². The first-order valence-corrected chi connectivity index (χ1v) is 9.84. The number of para-hydroxylation sites is 1. The zero-order valence-electron chi connectivity index (χ0n) is 14.7. The molecule has 0 saturated carbocycles. The first-order chi connectivity index (χ1) is 12.7. The third kappa shape index (κ3) is 3.10. The average molecular weight is 386 g/mol. The summed E-state index contributed by atoms with van der Waals surface area (Å²) in [6.45, 7) is 3.14. The summed E-state index contributed by atoms with van der Waals surface area (Å²) in [7, 11) is 0. The van der Waals surface area contributed by atoms with E-state index < -0.39 is 0 Å². The molecule has 0 fully saturated rings. The largest absolute Gasteiger partial charge is 0.370 e. The smallest absolute Gasteiger partial charge is 0.133 e. The van der Waals surface area contributed by atoms with Crippen LogP contribution < -0.4 is 5.32 Å². The molecule has 3 aromatic rings. The van der Waals surface area contributed by atoms with Crippen LogP contribution in [0.3, 0.4) is 0 Å². The van der Waals surface area contributed by atoms with Crippen LogP contribution in [-0.2, 0) is 12.8 Å². The molecule has 0 unspecified atom stereocenters. The lowest BCUT2D eigenvalue weighted by atomic mass is 10.0. The highest BCUT2D eigenvalue weighted by Gasteiger charge is 2.22. The van der Waals surface area contributed by atoms with Crippen LogP contribution in [0.25, 0.3) is 16.9 Å². The van der Waals surface area contributed by atoms with Gasteiger partial charge in [0.25, 0.3) is 0 Å². The Labute approximate surface area is 163 Å². The van der Waals surface area contributed by atoms with Crippen LogP contribution in [0, 0.1) is 0 Å². The van der Waals surface area contributed by atoms with Crippen molar-refractivity contribution in [2.45, 2.75) is 32.6 Å². The third-order valence-electron chi connectivity index (χ3n) is 4.92. The summed E-state index contributed by atoms with van der Waals surface area (Å²) in [6, 6.07) is 14.2. The lowest BCUT2D eigenvalue weighted by molar-refractivity contribution is 0.779. The average Bonchev–Trinajstić information content (AvgIpc) is 2.85. The summed E-state index contributed by atoms with van der Waals surface area (Å²) in [5, 5.41) is 9.73. The van der Waals surface area contributed by atoms with Gasteiger partial charge in [0, 0.05) is 17.7 Å². The van der Waals surface area contributed by atoms with E-state index in [0.29, 0.717) is 10.0 Å². The summed E-state index contributed by atoms with van der Waals surface area (Å²) in [6.07, 6.45) is 4.28. The van der Waals surface area contributed by atoms with Crippen LogP contribution >= 0.6 is 23.2 Å². The van der Waals surface area contributed by atoms with Crippen molar-refractivity contribution in [3.8, 4) is 16.9 Å². The number of aromatic nitrogens is 2. The fourth-order valence-corrected chi connectivity index (χ4v) is 3.87. The Balaban J connectivity index is 1.93. The predicted molar refractivity (Wildman–Crippen MR) is 110 cm³/mol. The summed E-state index contributed by atoms with van der Waals surface area (Å²) in [5.74, 6) is 1.10. The van der Waals surface area contributed by atoms with Gasteiger partial charge in [-0.25, -0.2) is 4.68 Å². The van der Waals surface area contributed by atoms with Gasteiger partial charge in [-0.15, -0.1) is 0 Å². The molecule has 1 aliphatic heterocycles. The minimum absolute atomic E-state index is 0.558. The number of benzene rings is 2. The second kappa shape index (κ2) is 7.34. The van der Waals surface area contributed by atoms with Crippen molar-refractivity contribution in [1.29, 1.82) is 0 Å². The van der Waals surface area contributed by atoms with E-state index in [1.165, 1.54) is 11.1 Å². The lowest BCUT2D eigenvalue weighted by Gasteiger charge is -2.12. The standard InChI is InChI=1S/C21H21Cl2N3/c1-2-14-7-3-4-9-19(14)26-21-16(8-5-6-12-24-21)20(25-26)15-10-11-17(22)18(23)13-15/h3-4,7,9-11,13,24H,2,5-6,8,12H2,1H3. The molecule has 0 aliphatic carbocycles. The molecular weight excluding hydrogens is 365 g/mol. The Morgan fingerprint density at radius 3 is 2.73 bits per heavy atom. The molecule has 1 aromatic heterocycles. The maximum absolute atomic E-state index is 6.27. The fraction of sp³-hybridized carbons (Fsp3) is 0.286. The van der Waals surface area contributed by atoms with Gasteiger partial charge in [0.15, 0.2) is 0 Å². The van der Waals surface area contributed by atoms with E-state index in [-0.39, 0.29) is 0 Å². The van der Waals surface area contributed by atoms with Crippen LogP contribution in [0.4, 0.5) is 5.82 Å². The second-order valence-electron chi connectivity index (χ2n) is 6.58. The highest BCUT2D eigenvalue weighted by Crippen LogP contribution is 2.36. The number of halogens is 2. The van der Waals surface area contributed by atoms with E-state index in [9.17, 15) is 0 Å². The van der Waals surface area contributed by atoms with Gasteiger partial charge in [-0.1, -0.05) is 54.4 Å². The number of hydrogen-bond acceptors (Lipinski definition) is 2. The molecule has 134 valence electrons. The number of fused-ring (bicyclic) bond motifs is 1. The first-order valence-electron chi connectivity index (χ1n) is 9.08. The SMILES string of the molecule is CCc1ccccc1-n1nc(-c2ccc(Cl)c(Cl)c2)c2c1NCCCC2. The number of nitrogens with zero attached hydrogens (tertiary/aromatic N) is 2. The molecule has 2 aromatic carbocycles. The molecule has 0 bridgehead atoms. The second-order valence-corrected chi connectivity index (χ2v) is 7.40. The van der Waals surface area contributed by atoms with E-state index in [2.05, 4.69) is 41.2 Å². The minimum atomic E-state index is 0.558. The Bertz CT molecular complexity index is 946. The maximum atomic E-state index is 6.27. The Morgan fingerprint density at radius 2 is 1.92 bits per heavy atom. The normalized spacial score (nSPS) is 13.8. The molecule has 0 saturated heterocycles. The Morgan fingerprint density at radius 1 is 1.08 bits per heavy atom. The van der Waals surface area contributed by atoms with Crippen molar-refractivity contribution >= 4 is 29.0 Å².